The summed E-state index contributed by atoms with van der Waals surface area (Å²) in [4.78, 5) is 19.0. The van der Waals surface area contributed by atoms with Crippen molar-refractivity contribution in [3.8, 4) is 22.4 Å². The van der Waals surface area contributed by atoms with E-state index in [1.54, 1.807) is 0 Å². The van der Waals surface area contributed by atoms with Crippen LogP contribution in [0.1, 0.15) is 41.8 Å². The summed E-state index contributed by atoms with van der Waals surface area (Å²) < 4.78 is 5.81. The fraction of sp³-hybridized carbons (Fsp3) is 0.231. The van der Waals surface area contributed by atoms with Crippen LogP contribution in [0.2, 0.25) is 10.0 Å². The molecule has 1 fully saturated rings. The van der Waals surface area contributed by atoms with E-state index in [9.17, 15) is 4.79 Å². The van der Waals surface area contributed by atoms with Gasteiger partial charge in [0, 0.05) is 21.0 Å². The third-order valence-electron chi connectivity index (χ3n) is 6.01. The molecule has 1 aliphatic rings. The third-order valence-corrected chi connectivity index (χ3v) is 7.59. The van der Waals surface area contributed by atoms with E-state index in [4.69, 9.17) is 38.7 Å². The Morgan fingerprint density at radius 3 is 2.18 bits per heavy atom. The largest absolute Gasteiger partial charge is 0.458 e. The molecule has 33 heavy (non-hydrogen) atoms. The maximum Gasteiger partial charge on any atom is 0.350 e. The van der Waals surface area contributed by atoms with Crippen LogP contribution in [0.15, 0.2) is 54.6 Å². The van der Waals surface area contributed by atoms with Crippen molar-refractivity contribution in [2.75, 3.05) is 5.73 Å². The number of carbonyl (C=O) groups excluding carboxylic acids is 1. The van der Waals surface area contributed by atoms with Gasteiger partial charge in [0.15, 0.2) is 0 Å². The molecule has 1 saturated carbocycles. The van der Waals surface area contributed by atoms with Crippen molar-refractivity contribution in [3.63, 3.8) is 0 Å². The molecule has 2 N–H and O–H groups in total. The monoisotopic (exact) mass is 496 g/mol. The number of hydrogen-bond acceptors (Lipinski definition) is 5. The lowest BCUT2D eigenvalue weighted by atomic mass is 9.98. The van der Waals surface area contributed by atoms with E-state index < -0.39 is 0 Å². The van der Waals surface area contributed by atoms with Crippen molar-refractivity contribution < 1.29 is 9.53 Å². The number of ether oxygens (including phenoxy) is 1. The highest BCUT2D eigenvalue weighted by molar-refractivity contribution is 7.21. The number of nitrogens with two attached hydrogens (primary N) is 1. The molecule has 168 valence electrons. The lowest BCUT2D eigenvalue weighted by molar-refractivity contribution is 0.0218. The third kappa shape index (κ3) is 4.58. The predicted octanol–water partition coefficient (Wildman–Crippen LogP) is 8.01. The molecule has 2 aromatic heterocycles. The van der Waals surface area contributed by atoms with E-state index in [1.165, 1.54) is 17.8 Å². The van der Waals surface area contributed by atoms with E-state index >= 15 is 0 Å². The Morgan fingerprint density at radius 1 is 0.939 bits per heavy atom. The van der Waals surface area contributed by atoms with E-state index in [0.29, 0.717) is 25.4 Å². The van der Waals surface area contributed by atoms with Gasteiger partial charge in [0.05, 0.1) is 11.4 Å². The predicted molar refractivity (Wildman–Crippen MR) is 137 cm³/mol. The second-order valence-corrected chi connectivity index (χ2v) is 10.1. The molecule has 0 radical (unpaired) electrons. The number of aromatic nitrogens is 1. The molecule has 0 aliphatic heterocycles. The Hall–Kier alpha value is -2.60. The average Bonchev–Trinajstić information content (AvgIpc) is 3.17. The van der Waals surface area contributed by atoms with Gasteiger partial charge >= 0.3 is 5.97 Å². The highest BCUT2D eigenvalue weighted by Gasteiger charge is 2.25. The standard InChI is InChI=1S/C26H22Cl2N2O2S/c27-17-10-6-15(7-11-17)20-14-21(16-8-12-18(28)13-9-16)30-25-22(20)23(29)24(33-25)26(31)32-19-4-2-1-3-5-19/h6-14,19H,1-5,29H2. The molecular weight excluding hydrogens is 475 g/mol. The van der Waals surface area contributed by atoms with Gasteiger partial charge in [-0.15, -0.1) is 11.3 Å². The number of benzene rings is 2. The number of thiophene rings is 1. The van der Waals surface area contributed by atoms with Crippen LogP contribution in [0.25, 0.3) is 32.6 Å². The molecule has 4 aromatic rings. The Labute approximate surface area is 206 Å². The summed E-state index contributed by atoms with van der Waals surface area (Å²) in [5.74, 6) is -0.363. The summed E-state index contributed by atoms with van der Waals surface area (Å²) in [5.41, 5.74) is 10.5. The first-order chi connectivity index (χ1) is 16.0. The van der Waals surface area contributed by atoms with Crippen LogP contribution in [0.3, 0.4) is 0 Å². The van der Waals surface area contributed by atoms with E-state index in [1.807, 2.05) is 54.6 Å². The normalized spacial score (nSPS) is 14.5. The van der Waals surface area contributed by atoms with Gasteiger partial charge in [0.25, 0.3) is 0 Å². The fourth-order valence-electron chi connectivity index (χ4n) is 4.29. The van der Waals surface area contributed by atoms with Gasteiger partial charge in [-0.3, -0.25) is 0 Å². The lowest BCUT2D eigenvalue weighted by Crippen LogP contribution is -2.20. The molecule has 7 heteroatoms. The zero-order valence-corrected chi connectivity index (χ0v) is 20.1. The van der Waals surface area contributed by atoms with E-state index in [0.717, 1.165) is 53.5 Å². The van der Waals surface area contributed by atoms with Crippen molar-refractivity contribution in [3.05, 3.63) is 69.5 Å². The molecule has 0 atom stereocenters. The maximum atomic E-state index is 13.0. The number of nitrogen functional groups attached to an aromatic ring is 1. The minimum Gasteiger partial charge on any atom is -0.458 e. The molecular formula is C26H22Cl2N2O2S. The van der Waals surface area contributed by atoms with Crippen LogP contribution in [-0.4, -0.2) is 17.1 Å². The van der Waals surface area contributed by atoms with Gasteiger partial charge in [-0.1, -0.05) is 53.9 Å². The highest BCUT2D eigenvalue weighted by atomic mass is 35.5. The van der Waals surface area contributed by atoms with Crippen LogP contribution >= 0.6 is 34.5 Å². The second-order valence-electron chi connectivity index (χ2n) is 8.26. The number of halogens is 2. The summed E-state index contributed by atoms with van der Waals surface area (Å²) in [5, 5.41) is 2.07. The van der Waals surface area contributed by atoms with Crippen molar-refractivity contribution in [1.29, 1.82) is 0 Å². The zero-order valence-electron chi connectivity index (χ0n) is 17.8. The first-order valence-electron chi connectivity index (χ1n) is 11.0. The topological polar surface area (TPSA) is 65.2 Å². The van der Waals surface area contributed by atoms with Gasteiger partial charge in [-0.2, -0.15) is 0 Å². The molecule has 4 nitrogen and oxygen atoms in total. The first kappa shape index (κ1) is 22.2. The molecule has 0 amide bonds. The Kier molecular flexibility index (Phi) is 6.28. The number of carbonyl (C=O) groups is 1. The van der Waals surface area contributed by atoms with Crippen molar-refractivity contribution in [2.45, 2.75) is 38.2 Å². The van der Waals surface area contributed by atoms with Gasteiger partial charge in [-0.05, 0) is 67.1 Å². The lowest BCUT2D eigenvalue weighted by Gasteiger charge is -2.21. The van der Waals surface area contributed by atoms with Crippen LogP contribution in [0, 0.1) is 0 Å². The van der Waals surface area contributed by atoms with Crippen LogP contribution in [0.5, 0.6) is 0 Å². The SMILES string of the molecule is Nc1c(C(=O)OC2CCCCC2)sc2nc(-c3ccc(Cl)cc3)cc(-c3ccc(Cl)cc3)c12. The first-order valence-corrected chi connectivity index (χ1v) is 12.5. The van der Waals surface area contributed by atoms with Gasteiger partial charge in [-0.25, -0.2) is 9.78 Å². The number of rotatable bonds is 4. The van der Waals surface area contributed by atoms with E-state index in [-0.39, 0.29) is 12.1 Å². The van der Waals surface area contributed by atoms with Gasteiger partial charge < -0.3 is 10.5 Å². The Morgan fingerprint density at radius 2 is 1.55 bits per heavy atom. The summed E-state index contributed by atoms with van der Waals surface area (Å²) in [6.45, 7) is 0. The van der Waals surface area contributed by atoms with E-state index in [2.05, 4.69) is 0 Å². The molecule has 0 spiro atoms. The number of pyridine rings is 1. The highest BCUT2D eigenvalue weighted by Crippen LogP contribution is 2.42. The molecule has 1 aliphatic carbocycles. The Balaban J connectivity index is 1.63. The summed E-state index contributed by atoms with van der Waals surface area (Å²) in [6.07, 6.45) is 5.15. The number of fused-ring (bicyclic) bond motifs is 1. The molecule has 0 bridgehead atoms. The minimum absolute atomic E-state index is 0.0378. The summed E-state index contributed by atoms with van der Waals surface area (Å²) in [7, 11) is 0. The van der Waals surface area contributed by atoms with Gasteiger partial charge in [0.1, 0.15) is 15.8 Å². The van der Waals surface area contributed by atoms with Crippen LogP contribution in [-0.2, 0) is 4.74 Å². The van der Waals surface area contributed by atoms with Crippen molar-refractivity contribution in [2.24, 2.45) is 0 Å². The number of esters is 1. The molecule has 0 saturated heterocycles. The summed E-state index contributed by atoms with van der Waals surface area (Å²) >= 11 is 13.5. The number of anilines is 1. The van der Waals surface area contributed by atoms with Gasteiger partial charge in [0.2, 0.25) is 0 Å². The number of hydrogen-bond donors (Lipinski definition) is 1. The minimum atomic E-state index is -0.363. The molecule has 2 heterocycles. The molecule has 0 unspecified atom stereocenters. The quantitative estimate of drug-likeness (QED) is 0.290. The fourth-order valence-corrected chi connectivity index (χ4v) is 5.54. The average molecular weight is 497 g/mol. The molecule has 5 rings (SSSR count). The zero-order chi connectivity index (χ0) is 22.9. The molecule has 2 aromatic carbocycles. The van der Waals surface area contributed by atoms with Crippen LogP contribution < -0.4 is 5.73 Å². The van der Waals surface area contributed by atoms with Crippen molar-refractivity contribution in [1.82, 2.24) is 4.98 Å². The second kappa shape index (κ2) is 9.34. The maximum absolute atomic E-state index is 13.0. The Bertz CT molecular complexity index is 1310. The van der Waals surface area contributed by atoms with Crippen molar-refractivity contribution >= 4 is 56.4 Å². The smallest absolute Gasteiger partial charge is 0.350 e. The van der Waals surface area contributed by atoms with Crippen LogP contribution in [0.4, 0.5) is 5.69 Å². The number of nitrogens with zero attached hydrogens (tertiary/aromatic N) is 1. The summed E-state index contributed by atoms with van der Waals surface area (Å²) in [6, 6.07) is 17.1.